The van der Waals surface area contributed by atoms with Crippen LogP contribution in [0.5, 0.6) is 0 Å². The number of rotatable bonds is 1. The number of halogens is 4. The van der Waals surface area contributed by atoms with Gasteiger partial charge < -0.3 is 0 Å². The second-order valence-corrected chi connectivity index (χ2v) is 2.82. The minimum Gasteiger partial charge on any atom is -0.203 e. The van der Waals surface area contributed by atoms with Crippen molar-refractivity contribution in [2.45, 2.75) is 13.3 Å². The largest absolute Gasteiger partial charge is 0.203 e. The second-order valence-electron chi connectivity index (χ2n) is 2.82. The maximum absolute atomic E-state index is 13.1. The van der Waals surface area contributed by atoms with Crippen molar-refractivity contribution in [2.75, 3.05) is 0 Å². The number of benzene rings is 1. The Labute approximate surface area is 84.9 Å². The van der Waals surface area contributed by atoms with E-state index in [1.807, 2.05) is 0 Å². The molecule has 0 aromatic heterocycles. The Morgan fingerprint density at radius 3 is 1.87 bits per heavy atom. The van der Waals surface area contributed by atoms with Gasteiger partial charge in [-0.05, 0) is 13.8 Å². The first kappa shape index (κ1) is 11.6. The molecule has 1 radical (unpaired) electrons. The first-order valence-electron chi connectivity index (χ1n) is 4.07. The fraction of sp³-hybridized carbons (Fsp3) is 0.182. The summed E-state index contributed by atoms with van der Waals surface area (Å²) in [7, 11) is 0. The third kappa shape index (κ3) is 1.96. The molecular weight excluding hydrogens is 208 g/mol. The third-order valence-electron chi connectivity index (χ3n) is 1.89. The van der Waals surface area contributed by atoms with Gasteiger partial charge in [0.05, 0.1) is 0 Å². The normalized spacial score (nSPS) is 9.73. The minimum atomic E-state index is -1.47. The molecule has 0 aliphatic rings. The molecule has 0 spiro atoms. The van der Waals surface area contributed by atoms with Crippen LogP contribution in [0.15, 0.2) is 0 Å². The van der Waals surface area contributed by atoms with Gasteiger partial charge in [-0.2, -0.15) is 0 Å². The van der Waals surface area contributed by atoms with E-state index in [-0.39, 0.29) is 6.42 Å². The van der Waals surface area contributed by atoms with Crippen LogP contribution in [-0.2, 0) is 6.42 Å². The smallest absolute Gasteiger partial charge is 0.166 e. The van der Waals surface area contributed by atoms with E-state index >= 15 is 0 Å². The molecule has 0 saturated carbocycles. The van der Waals surface area contributed by atoms with E-state index in [9.17, 15) is 17.6 Å². The molecule has 1 aromatic rings. The average molecular weight is 215 g/mol. The molecule has 0 N–H and O–H groups in total. The van der Waals surface area contributed by atoms with Crippen molar-refractivity contribution in [3.8, 4) is 11.8 Å². The molecule has 0 nitrogen and oxygen atoms in total. The van der Waals surface area contributed by atoms with Crippen LogP contribution in [0.2, 0.25) is 0 Å². The van der Waals surface area contributed by atoms with Crippen LogP contribution in [0.3, 0.4) is 0 Å². The van der Waals surface area contributed by atoms with Crippen molar-refractivity contribution >= 4 is 0 Å². The first-order valence-corrected chi connectivity index (χ1v) is 4.07. The zero-order chi connectivity index (χ0) is 11.6. The number of hydrogen-bond acceptors (Lipinski definition) is 0. The van der Waals surface area contributed by atoms with E-state index in [0.717, 1.165) is 0 Å². The lowest BCUT2D eigenvalue weighted by molar-refractivity contribution is 0.438. The topological polar surface area (TPSA) is 0 Å². The Morgan fingerprint density at radius 1 is 1.00 bits per heavy atom. The van der Waals surface area contributed by atoms with E-state index in [0.29, 0.717) is 0 Å². The minimum absolute atomic E-state index is 0.373. The summed E-state index contributed by atoms with van der Waals surface area (Å²) in [6.45, 7) is 4.35. The van der Waals surface area contributed by atoms with E-state index in [4.69, 9.17) is 0 Å². The second kappa shape index (κ2) is 4.35. The predicted molar refractivity (Wildman–Crippen MR) is 47.9 cm³/mol. The van der Waals surface area contributed by atoms with Gasteiger partial charge in [-0.1, -0.05) is 5.92 Å². The van der Waals surface area contributed by atoms with Gasteiger partial charge >= 0.3 is 0 Å². The van der Waals surface area contributed by atoms with Gasteiger partial charge in [0.25, 0.3) is 0 Å². The molecule has 1 rings (SSSR count). The van der Waals surface area contributed by atoms with Crippen molar-refractivity contribution in [2.24, 2.45) is 0 Å². The summed E-state index contributed by atoms with van der Waals surface area (Å²) in [4.78, 5) is 0. The van der Waals surface area contributed by atoms with Crippen molar-refractivity contribution in [1.82, 2.24) is 0 Å². The molecule has 0 fully saturated rings. The summed E-state index contributed by atoms with van der Waals surface area (Å²) >= 11 is 0. The lowest BCUT2D eigenvalue weighted by Crippen LogP contribution is -2.05. The quantitative estimate of drug-likeness (QED) is 0.384. The average Bonchev–Trinajstić information content (AvgIpc) is 2.24. The maximum Gasteiger partial charge on any atom is 0.166 e. The predicted octanol–water partition coefficient (Wildman–Crippen LogP) is 2.99. The van der Waals surface area contributed by atoms with Crippen molar-refractivity contribution in [3.05, 3.63) is 41.3 Å². The monoisotopic (exact) mass is 215 g/mol. The van der Waals surface area contributed by atoms with E-state index in [1.165, 1.54) is 6.92 Å². The summed E-state index contributed by atoms with van der Waals surface area (Å²) in [5.74, 6) is -1.08. The lowest BCUT2D eigenvalue weighted by atomic mass is 10.1. The molecular formula is C11H7F4. The molecule has 0 aliphatic carbocycles. The highest BCUT2D eigenvalue weighted by molar-refractivity contribution is 5.33. The van der Waals surface area contributed by atoms with Gasteiger partial charge in [-0.3, -0.25) is 0 Å². The highest BCUT2D eigenvalue weighted by Crippen LogP contribution is 2.23. The molecule has 0 saturated heterocycles. The van der Waals surface area contributed by atoms with Crippen LogP contribution in [0, 0.1) is 42.0 Å². The highest BCUT2D eigenvalue weighted by Gasteiger charge is 2.21. The van der Waals surface area contributed by atoms with Crippen molar-refractivity contribution in [3.63, 3.8) is 0 Å². The molecule has 0 bridgehead atoms. The van der Waals surface area contributed by atoms with Crippen molar-refractivity contribution in [1.29, 1.82) is 0 Å². The Kier molecular flexibility index (Phi) is 3.35. The zero-order valence-electron chi connectivity index (χ0n) is 7.93. The van der Waals surface area contributed by atoms with Gasteiger partial charge in [-0.15, -0.1) is 5.92 Å². The molecule has 0 unspecified atom stereocenters. The van der Waals surface area contributed by atoms with Crippen LogP contribution in [0.1, 0.15) is 18.1 Å². The van der Waals surface area contributed by atoms with E-state index < -0.39 is 34.4 Å². The van der Waals surface area contributed by atoms with Crippen LogP contribution in [-0.4, -0.2) is 0 Å². The fourth-order valence-electron chi connectivity index (χ4n) is 1.05. The fourth-order valence-corrected chi connectivity index (χ4v) is 1.05. The number of hydrogen-bond donors (Lipinski definition) is 0. The standard InChI is InChI=1S/C11H7F4/c1-3-4-5-7-10(14)8(12)6(2)9(13)11(7)15/h2,5H2,1H3. The van der Waals surface area contributed by atoms with E-state index in [1.54, 1.807) is 0 Å². The lowest BCUT2D eigenvalue weighted by Gasteiger charge is -2.06. The van der Waals surface area contributed by atoms with Gasteiger partial charge in [0.1, 0.15) is 0 Å². The summed E-state index contributed by atoms with van der Waals surface area (Å²) in [6.07, 6.45) is -0.373. The third-order valence-corrected chi connectivity index (χ3v) is 1.89. The van der Waals surface area contributed by atoms with E-state index in [2.05, 4.69) is 18.8 Å². The maximum atomic E-state index is 13.1. The van der Waals surface area contributed by atoms with Crippen LogP contribution in [0.4, 0.5) is 17.6 Å². The van der Waals surface area contributed by atoms with Gasteiger partial charge in [-0.25, -0.2) is 17.6 Å². The summed E-state index contributed by atoms with van der Waals surface area (Å²) in [5.41, 5.74) is -1.61. The molecule has 4 heteroatoms. The van der Waals surface area contributed by atoms with Crippen LogP contribution >= 0.6 is 0 Å². The van der Waals surface area contributed by atoms with Crippen molar-refractivity contribution < 1.29 is 17.6 Å². The zero-order valence-corrected chi connectivity index (χ0v) is 7.93. The summed E-state index contributed by atoms with van der Waals surface area (Å²) < 4.78 is 52.2. The molecule has 0 amide bonds. The highest BCUT2D eigenvalue weighted by atomic mass is 19.2. The Balaban J connectivity index is 3.42. The Bertz CT molecular complexity index is 423. The first-order chi connectivity index (χ1) is 7.00. The SMILES string of the molecule is [CH2]c1c(F)c(F)c(CC#CC)c(F)c1F. The molecule has 0 atom stereocenters. The Hall–Kier alpha value is -1.50. The van der Waals surface area contributed by atoms with Gasteiger partial charge in [0.15, 0.2) is 23.3 Å². The molecule has 1 aromatic carbocycles. The molecule has 79 valence electrons. The van der Waals surface area contributed by atoms with Crippen LogP contribution < -0.4 is 0 Å². The van der Waals surface area contributed by atoms with Gasteiger partial charge in [0, 0.05) is 17.5 Å². The Morgan fingerprint density at radius 2 is 1.47 bits per heavy atom. The van der Waals surface area contributed by atoms with Gasteiger partial charge in [0.2, 0.25) is 0 Å². The summed E-state index contributed by atoms with van der Waals surface area (Å²) in [5, 5.41) is 0. The molecule has 0 aliphatic heterocycles. The molecule has 15 heavy (non-hydrogen) atoms. The van der Waals surface area contributed by atoms with Crippen LogP contribution in [0.25, 0.3) is 0 Å². The summed E-state index contributed by atoms with van der Waals surface area (Å²) in [6, 6.07) is 0. The molecule has 0 heterocycles.